The molecule has 7 heteroatoms. The summed E-state index contributed by atoms with van der Waals surface area (Å²) in [7, 11) is 0. The van der Waals surface area contributed by atoms with E-state index in [-0.39, 0.29) is 13.1 Å². The van der Waals surface area contributed by atoms with Crippen LogP contribution in [0.2, 0.25) is 0 Å². The molecule has 1 amide bonds. The SMILES string of the molecule is CC(C)(C)OC(=O)N1CCNC[C@H]1C(F)(F)F. The molecule has 1 fully saturated rings. The molecule has 17 heavy (non-hydrogen) atoms. The molecule has 0 spiro atoms. The van der Waals surface area contributed by atoms with E-state index in [1.54, 1.807) is 20.8 Å². The Morgan fingerprint density at radius 2 is 1.94 bits per heavy atom. The molecule has 1 aliphatic heterocycles. The minimum Gasteiger partial charge on any atom is -0.444 e. The van der Waals surface area contributed by atoms with E-state index in [0.717, 1.165) is 4.90 Å². The molecule has 1 heterocycles. The van der Waals surface area contributed by atoms with Crippen molar-refractivity contribution in [2.45, 2.75) is 38.6 Å². The highest BCUT2D eigenvalue weighted by Gasteiger charge is 2.47. The van der Waals surface area contributed by atoms with Crippen molar-refractivity contribution in [3.63, 3.8) is 0 Å². The molecular formula is C10H17F3N2O2. The predicted molar refractivity (Wildman–Crippen MR) is 55.7 cm³/mol. The molecule has 0 unspecified atom stereocenters. The Kier molecular flexibility index (Phi) is 3.91. The predicted octanol–water partition coefficient (Wildman–Crippen LogP) is 1.76. The Labute approximate surface area is 98.1 Å². The molecule has 1 rings (SSSR count). The third-order valence-electron chi connectivity index (χ3n) is 2.25. The highest BCUT2D eigenvalue weighted by molar-refractivity contribution is 5.69. The normalized spacial score (nSPS) is 22.5. The first-order valence-electron chi connectivity index (χ1n) is 5.38. The summed E-state index contributed by atoms with van der Waals surface area (Å²) in [5.74, 6) is 0. The van der Waals surface area contributed by atoms with Crippen LogP contribution >= 0.6 is 0 Å². The summed E-state index contributed by atoms with van der Waals surface area (Å²) in [6.07, 6.45) is -5.36. The Balaban J connectivity index is 2.75. The van der Waals surface area contributed by atoms with Gasteiger partial charge in [0, 0.05) is 19.6 Å². The number of halogens is 3. The van der Waals surface area contributed by atoms with Gasteiger partial charge in [0.05, 0.1) is 0 Å². The van der Waals surface area contributed by atoms with Crippen LogP contribution in [0.1, 0.15) is 20.8 Å². The van der Waals surface area contributed by atoms with Crippen molar-refractivity contribution in [3.8, 4) is 0 Å². The Bertz CT molecular complexity index is 286. The summed E-state index contributed by atoms with van der Waals surface area (Å²) in [6.45, 7) is 4.91. The van der Waals surface area contributed by atoms with Crippen LogP contribution in [-0.4, -0.2) is 48.4 Å². The quantitative estimate of drug-likeness (QED) is 0.716. The van der Waals surface area contributed by atoms with Gasteiger partial charge in [-0.1, -0.05) is 0 Å². The van der Waals surface area contributed by atoms with Crippen molar-refractivity contribution >= 4 is 6.09 Å². The molecule has 1 N–H and O–H groups in total. The number of nitrogens with zero attached hydrogens (tertiary/aromatic N) is 1. The second-order valence-corrected chi connectivity index (χ2v) is 4.94. The summed E-state index contributed by atoms with van der Waals surface area (Å²) in [4.78, 5) is 12.4. The van der Waals surface area contributed by atoms with Gasteiger partial charge in [-0.2, -0.15) is 13.2 Å². The maximum Gasteiger partial charge on any atom is 0.410 e. The zero-order chi connectivity index (χ0) is 13.3. The van der Waals surface area contributed by atoms with Crippen molar-refractivity contribution in [1.29, 1.82) is 0 Å². The van der Waals surface area contributed by atoms with Gasteiger partial charge < -0.3 is 10.1 Å². The zero-order valence-electron chi connectivity index (χ0n) is 10.1. The van der Waals surface area contributed by atoms with E-state index in [2.05, 4.69) is 5.32 Å². The van der Waals surface area contributed by atoms with Crippen molar-refractivity contribution in [3.05, 3.63) is 0 Å². The number of nitrogens with one attached hydrogen (secondary N) is 1. The second kappa shape index (κ2) is 4.72. The number of carbonyl (C=O) groups is 1. The average Bonchev–Trinajstić information content (AvgIpc) is 2.13. The van der Waals surface area contributed by atoms with E-state index < -0.39 is 23.9 Å². The molecule has 0 radical (unpaired) electrons. The monoisotopic (exact) mass is 254 g/mol. The molecule has 4 nitrogen and oxygen atoms in total. The highest BCUT2D eigenvalue weighted by Crippen LogP contribution is 2.27. The molecule has 0 bridgehead atoms. The number of carbonyl (C=O) groups excluding carboxylic acids is 1. The van der Waals surface area contributed by atoms with Gasteiger partial charge in [-0.25, -0.2) is 4.79 Å². The third-order valence-corrected chi connectivity index (χ3v) is 2.25. The number of hydrogen-bond donors (Lipinski definition) is 1. The number of amides is 1. The fraction of sp³-hybridized carbons (Fsp3) is 0.900. The average molecular weight is 254 g/mol. The number of alkyl halides is 3. The summed E-state index contributed by atoms with van der Waals surface area (Å²) in [5, 5.41) is 2.62. The standard InChI is InChI=1S/C10H17F3N2O2/c1-9(2,3)17-8(16)15-5-4-14-6-7(15)10(11,12)13/h7,14H,4-6H2,1-3H3/t7-/m0/s1. The molecule has 1 atom stereocenters. The molecule has 0 aliphatic carbocycles. The summed E-state index contributed by atoms with van der Waals surface area (Å²) < 4.78 is 43.0. The highest BCUT2D eigenvalue weighted by atomic mass is 19.4. The van der Waals surface area contributed by atoms with Crippen LogP contribution in [0.25, 0.3) is 0 Å². The molecule has 100 valence electrons. The van der Waals surface area contributed by atoms with Crippen LogP contribution < -0.4 is 5.32 Å². The Hall–Kier alpha value is -0.980. The topological polar surface area (TPSA) is 41.6 Å². The van der Waals surface area contributed by atoms with Crippen molar-refractivity contribution in [2.24, 2.45) is 0 Å². The number of ether oxygens (including phenoxy) is 1. The van der Waals surface area contributed by atoms with E-state index in [4.69, 9.17) is 4.74 Å². The lowest BCUT2D eigenvalue weighted by atomic mass is 10.2. The maximum absolute atomic E-state index is 12.7. The largest absolute Gasteiger partial charge is 0.444 e. The lowest BCUT2D eigenvalue weighted by Gasteiger charge is -2.37. The Morgan fingerprint density at radius 1 is 1.35 bits per heavy atom. The van der Waals surface area contributed by atoms with Gasteiger partial charge in [0.2, 0.25) is 0 Å². The first-order valence-corrected chi connectivity index (χ1v) is 5.38. The number of rotatable bonds is 0. The molecule has 0 saturated carbocycles. The lowest BCUT2D eigenvalue weighted by molar-refractivity contribution is -0.183. The van der Waals surface area contributed by atoms with Gasteiger partial charge in [0.1, 0.15) is 11.6 Å². The van der Waals surface area contributed by atoms with Crippen molar-refractivity contribution in [2.75, 3.05) is 19.6 Å². The fourth-order valence-corrected chi connectivity index (χ4v) is 1.54. The van der Waals surface area contributed by atoms with E-state index >= 15 is 0 Å². The van der Waals surface area contributed by atoms with E-state index in [1.807, 2.05) is 0 Å². The van der Waals surface area contributed by atoms with Gasteiger partial charge in [0.15, 0.2) is 0 Å². The first-order chi connectivity index (χ1) is 7.61. The van der Waals surface area contributed by atoms with Crippen LogP contribution in [0.3, 0.4) is 0 Å². The van der Waals surface area contributed by atoms with E-state index in [0.29, 0.717) is 6.54 Å². The minimum atomic E-state index is -4.44. The van der Waals surface area contributed by atoms with Crippen molar-refractivity contribution in [1.82, 2.24) is 10.2 Å². The van der Waals surface area contributed by atoms with Gasteiger partial charge >= 0.3 is 12.3 Å². The second-order valence-electron chi connectivity index (χ2n) is 4.94. The fourth-order valence-electron chi connectivity index (χ4n) is 1.54. The Morgan fingerprint density at radius 3 is 2.41 bits per heavy atom. The lowest BCUT2D eigenvalue weighted by Crippen LogP contribution is -2.60. The molecule has 1 saturated heterocycles. The van der Waals surface area contributed by atoms with Gasteiger partial charge in [0.25, 0.3) is 0 Å². The van der Waals surface area contributed by atoms with Crippen molar-refractivity contribution < 1.29 is 22.7 Å². The summed E-state index contributed by atoms with van der Waals surface area (Å²) in [5.41, 5.74) is -0.794. The van der Waals surface area contributed by atoms with E-state index in [1.165, 1.54) is 0 Å². The van der Waals surface area contributed by atoms with Gasteiger partial charge in [-0.3, -0.25) is 4.90 Å². The number of hydrogen-bond acceptors (Lipinski definition) is 3. The van der Waals surface area contributed by atoms with Crippen LogP contribution in [0.15, 0.2) is 0 Å². The van der Waals surface area contributed by atoms with Gasteiger partial charge in [-0.05, 0) is 20.8 Å². The minimum absolute atomic E-state index is 0.000903. The van der Waals surface area contributed by atoms with Gasteiger partial charge in [-0.15, -0.1) is 0 Å². The molecule has 0 aromatic carbocycles. The van der Waals surface area contributed by atoms with E-state index in [9.17, 15) is 18.0 Å². The smallest absolute Gasteiger partial charge is 0.410 e. The first kappa shape index (κ1) is 14.1. The van der Waals surface area contributed by atoms with Crippen LogP contribution in [0, 0.1) is 0 Å². The molecule has 0 aromatic heterocycles. The van der Waals surface area contributed by atoms with Crippen LogP contribution in [0.5, 0.6) is 0 Å². The molecule has 0 aromatic rings. The summed E-state index contributed by atoms with van der Waals surface area (Å²) in [6, 6.07) is -1.81. The third kappa shape index (κ3) is 4.07. The van der Waals surface area contributed by atoms with Crippen LogP contribution in [0.4, 0.5) is 18.0 Å². The molecular weight excluding hydrogens is 237 g/mol. The summed E-state index contributed by atoms with van der Waals surface area (Å²) >= 11 is 0. The van der Waals surface area contributed by atoms with Crippen LogP contribution in [-0.2, 0) is 4.74 Å². The zero-order valence-corrected chi connectivity index (χ0v) is 10.1. The maximum atomic E-state index is 12.7. The number of piperazine rings is 1. The molecule has 1 aliphatic rings.